The van der Waals surface area contributed by atoms with Crippen LogP contribution < -0.4 is 16.0 Å². The molecule has 3 heterocycles. The highest BCUT2D eigenvalue weighted by Crippen LogP contribution is 2.29. The fourth-order valence-electron chi connectivity index (χ4n) is 3.41. The average molecular weight is 459 g/mol. The molecule has 1 fully saturated rings. The molecule has 1 aliphatic heterocycles. The largest absolute Gasteiger partial charge is 0.573 e. The number of aliphatic hydroxyl groups excluding tert-OH is 3. The third-order valence-electron chi connectivity index (χ3n) is 4.95. The highest BCUT2D eigenvalue weighted by molar-refractivity contribution is 5.80. The monoisotopic (exact) mass is 459 g/mol. The van der Waals surface area contributed by atoms with Crippen molar-refractivity contribution in [3.8, 4) is 5.75 Å². The summed E-state index contributed by atoms with van der Waals surface area (Å²) in [5, 5.41) is 33.2. The van der Waals surface area contributed by atoms with E-state index < -0.39 is 61.1 Å². The first kappa shape index (κ1) is 22.0. The number of nitrogens with zero attached hydrogens (tertiary/aromatic N) is 3. The van der Waals surface area contributed by atoms with Gasteiger partial charge in [0.15, 0.2) is 11.8 Å². The highest BCUT2D eigenvalue weighted by Gasteiger charge is 2.44. The van der Waals surface area contributed by atoms with Crippen LogP contribution in [-0.2, 0) is 11.3 Å². The number of hydrogen-bond donors (Lipinski definition) is 3. The van der Waals surface area contributed by atoms with E-state index in [1.165, 1.54) is 6.07 Å². The lowest BCUT2D eigenvalue weighted by molar-refractivity contribution is -0.274. The molecule has 32 heavy (non-hydrogen) atoms. The molecular weight excluding hydrogens is 443 g/mol. The van der Waals surface area contributed by atoms with Gasteiger partial charge in [-0.3, -0.25) is 13.9 Å². The van der Waals surface area contributed by atoms with Gasteiger partial charge in [-0.05, 0) is 12.1 Å². The minimum Gasteiger partial charge on any atom is -0.406 e. The summed E-state index contributed by atoms with van der Waals surface area (Å²) in [4.78, 5) is 25.2. The molecule has 1 aliphatic rings. The van der Waals surface area contributed by atoms with E-state index in [2.05, 4.69) is 9.89 Å². The molecule has 0 bridgehead atoms. The maximum Gasteiger partial charge on any atom is 0.573 e. The van der Waals surface area contributed by atoms with Gasteiger partial charge >= 0.3 is 12.1 Å². The Bertz CT molecular complexity index is 1250. The van der Waals surface area contributed by atoms with Gasteiger partial charge in [0.1, 0.15) is 29.8 Å². The quantitative estimate of drug-likeness (QED) is 0.468. The van der Waals surface area contributed by atoms with Gasteiger partial charge in [-0.25, -0.2) is 4.79 Å². The minimum absolute atomic E-state index is 0.0606. The second-order valence-corrected chi connectivity index (χ2v) is 6.99. The van der Waals surface area contributed by atoms with Crippen molar-refractivity contribution in [1.29, 1.82) is 0 Å². The first-order valence-electron chi connectivity index (χ1n) is 9.17. The molecule has 3 aromatic rings. The number of alkyl halides is 3. The van der Waals surface area contributed by atoms with Crippen molar-refractivity contribution in [2.24, 2.45) is 0 Å². The predicted molar refractivity (Wildman–Crippen MR) is 97.8 cm³/mol. The fraction of sp³-hybridized carbons (Fsp3) is 0.389. The molecule has 1 saturated heterocycles. The Morgan fingerprint density at radius 1 is 1.16 bits per heavy atom. The lowest BCUT2D eigenvalue weighted by atomic mass is 10.1. The number of aliphatic hydroxyl groups is 3. The summed E-state index contributed by atoms with van der Waals surface area (Å²) in [5.74, 6) is -0.531. The number of halogens is 3. The van der Waals surface area contributed by atoms with Crippen molar-refractivity contribution >= 4 is 11.0 Å². The summed E-state index contributed by atoms with van der Waals surface area (Å²) in [5.41, 5.74) is -1.63. The SMILES string of the molecule is O=c1ccn([C@@H]2O[C@H](CO)[C@H](O)C2O)c(=O)n1Cc1noc2cc(OC(F)(F)F)ccc12. The molecule has 1 unspecified atom stereocenters. The van der Waals surface area contributed by atoms with Crippen molar-refractivity contribution < 1.29 is 42.5 Å². The molecule has 0 saturated carbocycles. The minimum atomic E-state index is -4.89. The maximum atomic E-state index is 12.9. The zero-order valence-corrected chi connectivity index (χ0v) is 16.0. The summed E-state index contributed by atoms with van der Waals surface area (Å²) in [7, 11) is 0. The van der Waals surface area contributed by atoms with Crippen LogP contribution in [-0.4, -0.2) is 60.9 Å². The molecule has 4 rings (SSSR count). The first-order chi connectivity index (χ1) is 15.1. The van der Waals surface area contributed by atoms with E-state index in [0.717, 1.165) is 33.5 Å². The molecule has 3 N–H and O–H groups in total. The van der Waals surface area contributed by atoms with Crippen LogP contribution in [0.2, 0.25) is 0 Å². The number of rotatable bonds is 5. The number of aromatic nitrogens is 3. The zero-order valence-electron chi connectivity index (χ0n) is 16.0. The molecule has 0 aliphatic carbocycles. The number of benzene rings is 1. The average Bonchev–Trinajstić information content (AvgIpc) is 3.25. The molecule has 0 amide bonds. The van der Waals surface area contributed by atoms with Gasteiger partial charge in [0.2, 0.25) is 0 Å². The third kappa shape index (κ3) is 4.00. The molecule has 2 aromatic heterocycles. The van der Waals surface area contributed by atoms with Gasteiger partial charge in [-0.15, -0.1) is 13.2 Å². The second kappa shape index (κ2) is 8.05. The van der Waals surface area contributed by atoms with E-state index >= 15 is 0 Å². The summed E-state index contributed by atoms with van der Waals surface area (Å²) in [6, 6.07) is 4.25. The standard InChI is InChI=1S/C18H16F3N3O8/c19-18(20,21)31-8-1-2-9-10(22-32-11(9)5-8)6-24-13(26)3-4-23(17(24)29)16-15(28)14(27)12(7-25)30-16/h1-5,12,14-16,25,27-28H,6-7H2/t12-,14+,15?,16-/m1/s1. The molecule has 1 aromatic carbocycles. The van der Waals surface area contributed by atoms with E-state index in [1.54, 1.807) is 0 Å². The van der Waals surface area contributed by atoms with E-state index in [1.807, 2.05) is 0 Å². The summed E-state index contributed by atoms with van der Waals surface area (Å²) < 4.78 is 52.9. The molecule has 11 nitrogen and oxygen atoms in total. The zero-order chi connectivity index (χ0) is 23.2. The van der Waals surface area contributed by atoms with E-state index in [-0.39, 0.29) is 16.7 Å². The van der Waals surface area contributed by atoms with Crippen LogP contribution in [0.15, 0.2) is 44.6 Å². The van der Waals surface area contributed by atoms with E-state index in [9.17, 15) is 38.1 Å². The van der Waals surface area contributed by atoms with Gasteiger partial charge in [-0.1, -0.05) is 5.16 Å². The van der Waals surface area contributed by atoms with Crippen molar-refractivity contribution in [2.75, 3.05) is 6.61 Å². The number of ether oxygens (including phenoxy) is 2. The van der Waals surface area contributed by atoms with Crippen LogP contribution in [0.25, 0.3) is 11.0 Å². The highest BCUT2D eigenvalue weighted by atomic mass is 19.4. The van der Waals surface area contributed by atoms with Crippen molar-refractivity contribution in [3.05, 3.63) is 57.0 Å². The van der Waals surface area contributed by atoms with Crippen molar-refractivity contribution in [3.63, 3.8) is 0 Å². The molecule has 0 spiro atoms. The Labute approximate surface area is 175 Å². The van der Waals surface area contributed by atoms with Crippen molar-refractivity contribution in [1.82, 2.24) is 14.3 Å². The predicted octanol–water partition coefficient (Wildman–Crippen LogP) is -0.290. The Kier molecular flexibility index (Phi) is 5.54. The molecule has 4 atom stereocenters. The topological polar surface area (TPSA) is 149 Å². The summed E-state index contributed by atoms with van der Waals surface area (Å²) >= 11 is 0. The molecule has 14 heteroatoms. The van der Waals surface area contributed by atoms with Crippen LogP contribution >= 0.6 is 0 Å². The Balaban J connectivity index is 1.67. The lowest BCUT2D eigenvalue weighted by Crippen LogP contribution is -2.43. The van der Waals surface area contributed by atoms with E-state index in [4.69, 9.17) is 9.26 Å². The second-order valence-electron chi connectivity index (χ2n) is 6.99. The summed E-state index contributed by atoms with van der Waals surface area (Å²) in [6.45, 7) is -1.01. The summed E-state index contributed by atoms with van der Waals surface area (Å²) in [6.07, 6.45) is -9.31. The van der Waals surface area contributed by atoms with Crippen LogP contribution in [0.1, 0.15) is 11.9 Å². The Morgan fingerprint density at radius 2 is 1.91 bits per heavy atom. The normalized spacial score (nSPS) is 23.7. The van der Waals surface area contributed by atoms with Crippen LogP contribution in [0, 0.1) is 0 Å². The fourth-order valence-corrected chi connectivity index (χ4v) is 3.41. The molecular formula is C18H16F3N3O8. The van der Waals surface area contributed by atoms with Gasteiger partial charge in [-0.2, -0.15) is 0 Å². The molecule has 0 radical (unpaired) electrons. The Morgan fingerprint density at radius 3 is 2.56 bits per heavy atom. The maximum absolute atomic E-state index is 12.9. The third-order valence-corrected chi connectivity index (χ3v) is 4.95. The van der Waals surface area contributed by atoms with Gasteiger partial charge < -0.3 is 29.3 Å². The number of hydrogen-bond acceptors (Lipinski definition) is 9. The smallest absolute Gasteiger partial charge is 0.406 e. The number of fused-ring (bicyclic) bond motifs is 1. The van der Waals surface area contributed by atoms with Gasteiger partial charge in [0, 0.05) is 23.7 Å². The Hall–Kier alpha value is -3.20. The van der Waals surface area contributed by atoms with Crippen molar-refractivity contribution in [2.45, 2.75) is 37.4 Å². The van der Waals surface area contributed by atoms with Crippen LogP contribution in [0.3, 0.4) is 0 Å². The first-order valence-corrected chi connectivity index (χ1v) is 9.17. The van der Waals surface area contributed by atoms with E-state index in [0.29, 0.717) is 0 Å². The van der Waals surface area contributed by atoms with Gasteiger partial charge in [0.25, 0.3) is 5.56 Å². The lowest BCUT2D eigenvalue weighted by Gasteiger charge is -2.18. The van der Waals surface area contributed by atoms with Crippen LogP contribution in [0.4, 0.5) is 13.2 Å². The van der Waals surface area contributed by atoms with Gasteiger partial charge in [0.05, 0.1) is 13.2 Å². The molecule has 172 valence electrons. The van der Waals surface area contributed by atoms with Crippen LogP contribution in [0.5, 0.6) is 5.75 Å².